The molecule has 0 saturated heterocycles. The van der Waals surface area contributed by atoms with E-state index in [9.17, 15) is 9.59 Å². The maximum atomic E-state index is 12.0. The number of carboxylic acids is 1. The topological polar surface area (TPSA) is 73.4 Å². The summed E-state index contributed by atoms with van der Waals surface area (Å²) in [6, 6.07) is 3.33. The number of aliphatic carboxylic acids is 1. The van der Waals surface area contributed by atoms with Crippen molar-refractivity contribution < 1.29 is 14.7 Å². The van der Waals surface area contributed by atoms with Gasteiger partial charge in [0.1, 0.15) is 12.2 Å². The summed E-state index contributed by atoms with van der Waals surface area (Å²) in [6.07, 6.45) is 1.63. The molecule has 0 radical (unpaired) electrons. The van der Waals surface area contributed by atoms with Gasteiger partial charge in [-0.15, -0.1) is 0 Å². The molecule has 1 heterocycles. The van der Waals surface area contributed by atoms with Crippen LogP contribution in [0.1, 0.15) is 31.3 Å². The van der Waals surface area contributed by atoms with E-state index in [0.29, 0.717) is 5.69 Å². The Labute approximate surface area is 94.1 Å². The highest BCUT2D eigenvalue weighted by Gasteiger charge is 2.29. The first-order valence-electron chi connectivity index (χ1n) is 4.99. The molecule has 0 fully saturated rings. The molecule has 0 aliphatic heterocycles. The van der Waals surface area contributed by atoms with Gasteiger partial charge < -0.3 is 15.0 Å². The molecule has 5 nitrogen and oxygen atoms in total. The standard InChI is InChI=1S/C11H16N2O3/c1-11(2,3)13(7-9(14)15)10(16)8-5-4-6-12-8/h4-6,12H,7H2,1-3H3,(H,14,15). The van der Waals surface area contributed by atoms with Crippen LogP contribution in [0.3, 0.4) is 0 Å². The van der Waals surface area contributed by atoms with Gasteiger partial charge in [0.25, 0.3) is 5.91 Å². The molecule has 0 aliphatic carbocycles. The van der Waals surface area contributed by atoms with Crippen LogP contribution in [0, 0.1) is 0 Å². The summed E-state index contributed by atoms with van der Waals surface area (Å²) in [7, 11) is 0. The second-order valence-electron chi connectivity index (χ2n) is 4.54. The van der Waals surface area contributed by atoms with Crippen molar-refractivity contribution in [1.29, 1.82) is 0 Å². The summed E-state index contributed by atoms with van der Waals surface area (Å²) in [5, 5.41) is 8.79. The van der Waals surface area contributed by atoms with Gasteiger partial charge in [-0.3, -0.25) is 9.59 Å². The van der Waals surface area contributed by atoms with Gasteiger partial charge in [0.15, 0.2) is 0 Å². The van der Waals surface area contributed by atoms with Gasteiger partial charge in [-0.1, -0.05) is 0 Å². The summed E-state index contributed by atoms with van der Waals surface area (Å²) >= 11 is 0. The maximum Gasteiger partial charge on any atom is 0.323 e. The number of hydrogen-bond acceptors (Lipinski definition) is 2. The number of carbonyl (C=O) groups excluding carboxylic acids is 1. The highest BCUT2D eigenvalue weighted by molar-refractivity contribution is 5.94. The van der Waals surface area contributed by atoms with Crippen LogP contribution in [-0.4, -0.2) is 39.0 Å². The fourth-order valence-corrected chi connectivity index (χ4v) is 1.36. The Bertz CT molecular complexity index is 376. The van der Waals surface area contributed by atoms with Gasteiger partial charge in [-0.25, -0.2) is 0 Å². The second kappa shape index (κ2) is 4.38. The monoisotopic (exact) mass is 224 g/mol. The fraction of sp³-hybridized carbons (Fsp3) is 0.455. The van der Waals surface area contributed by atoms with Crippen LogP contribution in [0.15, 0.2) is 18.3 Å². The Morgan fingerprint density at radius 1 is 1.44 bits per heavy atom. The quantitative estimate of drug-likeness (QED) is 0.813. The molecule has 1 amide bonds. The van der Waals surface area contributed by atoms with Gasteiger partial charge in [0.2, 0.25) is 0 Å². The van der Waals surface area contributed by atoms with Crippen molar-refractivity contribution in [1.82, 2.24) is 9.88 Å². The number of H-pyrrole nitrogens is 1. The van der Waals surface area contributed by atoms with Crippen molar-refractivity contribution in [3.63, 3.8) is 0 Å². The third kappa shape index (κ3) is 2.85. The Morgan fingerprint density at radius 2 is 2.06 bits per heavy atom. The van der Waals surface area contributed by atoms with Crippen molar-refractivity contribution in [3.8, 4) is 0 Å². The number of amides is 1. The minimum absolute atomic E-state index is 0.304. The fourth-order valence-electron chi connectivity index (χ4n) is 1.36. The second-order valence-corrected chi connectivity index (χ2v) is 4.54. The molecular weight excluding hydrogens is 208 g/mol. The van der Waals surface area contributed by atoms with Crippen LogP contribution in [0.4, 0.5) is 0 Å². The molecule has 1 aromatic heterocycles. The van der Waals surface area contributed by atoms with Crippen LogP contribution >= 0.6 is 0 Å². The Balaban J connectivity index is 2.94. The molecule has 1 rings (SSSR count). The van der Waals surface area contributed by atoms with E-state index in [2.05, 4.69) is 4.98 Å². The van der Waals surface area contributed by atoms with Crippen LogP contribution in [0.25, 0.3) is 0 Å². The van der Waals surface area contributed by atoms with Crippen molar-refractivity contribution in [2.24, 2.45) is 0 Å². The zero-order chi connectivity index (χ0) is 12.3. The Hall–Kier alpha value is -1.78. The molecule has 5 heteroatoms. The first kappa shape index (κ1) is 12.3. The molecule has 0 saturated carbocycles. The van der Waals surface area contributed by atoms with E-state index in [1.54, 1.807) is 39.1 Å². The number of aromatic amines is 1. The average molecular weight is 224 g/mol. The average Bonchev–Trinajstić information content (AvgIpc) is 2.63. The van der Waals surface area contributed by atoms with Crippen molar-refractivity contribution >= 4 is 11.9 Å². The van der Waals surface area contributed by atoms with E-state index >= 15 is 0 Å². The lowest BCUT2D eigenvalue weighted by atomic mass is 10.1. The molecule has 1 aromatic rings. The zero-order valence-electron chi connectivity index (χ0n) is 9.65. The molecule has 0 aromatic carbocycles. The van der Waals surface area contributed by atoms with Crippen LogP contribution < -0.4 is 0 Å². The molecule has 2 N–H and O–H groups in total. The number of nitrogens with zero attached hydrogens (tertiary/aromatic N) is 1. The van der Waals surface area contributed by atoms with E-state index < -0.39 is 11.5 Å². The highest BCUT2D eigenvalue weighted by atomic mass is 16.4. The zero-order valence-corrected chi connectivity index (χ0v) is 9.65. The van der Waals surface area contributed by atoms with E-state index in [-0.39, 0.29) is 12.5 Å². The Kier molecular flexibility index (Phi) is 3.37. The summed E-state index contributed by atoms with van der Waals surface area (Å²) in [6.45, 7) is 5.10. The van der Waals surface area contributed by atoms with Crippen molar-refractivity contribution in [2.75, 3.05) is 6.54 Å². The van der Waals surface area contributed by atoms with E-state index in [0.717, 1.165) is 0 Å². The van der Waals surface area contributed by atoms with Crippen LogP contribution in [0.2, 0.25) is 0 Å². The number of nitrogens with one attached hydrogen (secondary N) is 1. The molecule has 88 valence electrons. The number of carbonyl (C=O) groups is 2. The lowest BCUT2D eigenvalue weighted by Crippen LogP contribution is -2.48. The summed E-state index contributed by atoms with van der Waals surface area (Å²) in [4.78, 5) is 26.8. The van der Waals surface area contributed by atoms with Gasteiger partial charge >= 0.3 is 5.97 Å². The molecular formula is C11H16N2O3. The van der Waals surface area contributed by atoms with Gasteiger partial charge in [-0.2, -0.15) is 0 Å². The van der Waals surface area contributed by atoms with Crippen molar-refractivity contribution in [2.45, 2.75) is 26.3 Å². The third-order valence-corrected chi connectivity index (χ3v) is 2.18. The van der Waals surface area contributed by atoms with Gasteiger partial charge in [-0.05, 0) is 32.9 Å². The lowest BCUT2D eigenvalue weighted by molar-refractivity contribution is -0.138. The SMILES string of the molecule is CC(C)(C)N(CC(=O)O)C(=O)c1ccc[nH]1. The smallest absolute Gasteiger partial charge is 0.323 e. The minimum Gasteiger partial charge on any atom is -0.480 e. The number of carboxylic acid groups (broad SMARTS) is 1. The minimum atomic E-state index is -1.02. The number of aromatic nitrogens is 1. The number of rotatable bonds is 3. The van der Waals surface area contributed by atoms with Crippen molar-refractivity contribution in [3.05, 3.63) is 24.0 Å². The van der Waals surface area contributed by atoms with E-state index in [4.69, 9.17) is 5.11 Å². The largest absolute Gasteiger partial charge is 0.480 e. The summed E-state index contributed by atoms with van der Waals surface area (Å²) in [5.74, 6) is -1.32. The van der Waals surface area contributed by atoms with Crippen LogP contribution in [0.5, 0.6) is 0 Å². The molecule has 0 bridgehead atoms. The number of hydrogen-bond donors (Lipinski definition) is 2. The highest BCUT2D eigenvalue weighted by Crippen LogP contribution is 2.16. The molecule has 0 aliphatic rings. The normalized spacial score (nSPS) is 11.2. The predicted molar refractivity (Wildman–Crippen MR) is 59.2 cm³/mol. The van der Waals surface area contributed by atoms with E-state index in [1.807, 2.05) is 0 Å². The van der Waals surface area contributed by atoms with Gasteiger partial charge in [0.05, 0.1) is 0 Å². The molecule has 0 unspecified atom stereocenters. The maximum absolute atomic E-state index is 12.0. The predicted octanol–water partition coefficient (Wildman–Crippen LogP) is 1.34. The molecule has 0 spiro atoms. The first-order valence-corrected chi connectivity index (χ1v) is 4.99. The molecule has 0 atom stereocenters. The van der Waals surface area contributed by atoms with Gasteiger partial charge in [0, 0.05) is 11.7 Å². The third-order valence-electron chi connectivity index (χ3n) is 2.18. The Morgan fingerprint density at radius 3 is 2.44 bits per heavy atom. The first-order chi connectivity index (χ1) is 7.32. The van der Waals surface area contributed by atoms with Crippen LogP contribution in [-0.2, 0) is 4.79 Å². The summed E-state index contributed by atoms with van der Waals surface area (Å²) in [5.41, 5.74) is -0.128. The summed E-state index contributed by atoms with van der Waals surface area (Å²) < 4.78 is 0. The van der Waals surface area contributed by atoms with E-state index in [1.165, 1.54) is 4.90 Å². The lowest BCUT2D eigenvalue weighted by Gasteiger charge is -2.34. The molecule has 16 heavy (non-hydrogen) atoms.